The molecule has 182 valence electrons. The van der Waals surface area contributed by atoms with E-state index in [1.165, 1.54) is 18.9 Å². The van der Waals surface area contributed by atoms with E-state index in [2.05, 4.69) is 29.0 Å². The molecular formula is C25H32N4O4S. The summed E-state index contributed by atoms with van der Waals surface area (Å²) in [4.78, 5) is 28.4. The highest BCUT2D eigenvalue weighted by molar-refractivity contribution is 8.00. The fourth-order valence-electron chi connectivity index (χ4n) is 3.61. The van der Waals surface area contributed by atoms with Crippen molar-refractivity contribution in [2.45, 2.75) is 64.6 Å². The number of para-hydroxylation sites is 1. The fraction of sp³-hybridized carbons (Fsp3) is 0.440. The summed E-state index contributed by atoms with van der Waals surface area (Å²) < 4.78 is 12.8. The average Bonchev–Trinajstić information content (AvgIpc) is 3.34. The molecule has 1 aromatic carbocycles. The van der Waals surface area contributed by atoms with E-state index < -0.39 is 11.2 Å². The third-order valence-electron chi connectivity index (χ3n) is 5.56. The van der Waals surface area contributed by atoms with Gasteiger partial charge in [-0.3, -0.25) is 4.79 Å². The summed E-state index contributed by atoms with van der Waals surface area (Å²) >= 11 is 1.35. The van der Waals surface area contributed by atoms with Crippen molar-refractivity contribution in [3.8, 4) is 5.75 Å². The van der Waals surface area contributed by atoms with Crippen molar-refractivity contribution in [1.82, 2.24) is 19.7 Å². The summed E-state index contributed by atoms with van der Waals surface area (Å²) in [6.45, 7) is 10.7. The normalized spacial score (nSPS) is 12.1. The molecule has 1 atom stereocenters. The molecule has 3 rings (SSSR count). The Bertz CT molecular complexity index is 1140. The Morgan fingerprint density at radius 2 is 1.82 bits per heavy atom. The van der Waals surface area contributed by atoms with Gasteiger partial charge in [0.15, 0.2) is 16.8 Å². The predicted octanol–water partition coefficient (Wildman–Crippen LogP) is 5.00. The Hall–Kier alpha value is -3.07. The summed E-state index contributed by atoms with van der Waals surface area (Å²) in [6.07, 6.45) is 0.948. The number of methoxy groups -OCH3 is 1. The van der Waals surface area contributed by atoms with Crippen molar-refractivity contribution in [1.29, 1.82) is 0 Å². The van der Waals surface area contributed by atoms with Crippen molar-refractivity contribution >= 4 is 23.5 Å². The topological polar surface area (TPSA) is 99.1 Å². The first-order valence-corrected chi connectivity index (χ1v) is 12.2. The minimum Gasteiger partial charge on any atom is -0.486 e. The molecule has 0 saturated heterocycles. The van der Waals surface area contributed by atoms with Crippen molar-refractivity contribution in [3.05, 3.63) is 58.7 Å². The zero-order valence-corrected chi connectivity index (χ0v) is 21.4. The highest BCUT2D eigenvalue weighted by Gasteiger charge is 2.27. The van der Waals surface area contributed by atoms with Crippen LogP contribution in [0.4, 0.5) is 0 Å². The lowest BCUT2D eigenvalue weighted by molar-refractivity contribution is 0.0599. The van der Waals surface area contributed by atoms with Crippen molar-refractivity contribution in [2.75, 3.05) is 7.11 Å². The Morgan fingerprint density at radius 1 is 1.12 bits per heavy atom. The number of carbonyl (C=O) groups is 2. The first kappa shape index (κ1) is 25.6. The number of carbonyl (C=O) groups excluding carboxylic acids is 2. The molecule has 9 heteroatoms. The summed E-state index contributed by atoms with van der Waals surface area (Å²) in [5, 5.41) is 8.95. The molecule has 0 bridgehead atoms. The molecule has 8 nitrogen and oxygen atoms in total. The molecule has 0 aliphatic heterocycles. The van der Waals surface area contributed by atoms with E-state index in [9.17, 15) is 9.59 Å². The maximum absolute atomic E-state index is 13.3. The van der Waals surface area contributed by atoms with Crippen LogP contribution < -0.4 is 4.74 Å². The minimum atomic E-state index is -0.456. The van der Waals surface area contributed by atoms with E-state index in [4.69, 9.17) is 9.47 Å². The van der Waals surface area contributed by atoms with E-state index in [1.807, 2.05) is 41.8 Å². The number of rotatable bonds is 11. The smallest absolute Gasteiger partial charge is 0.339 e. The maximum Gasteiger partial charge on any atom is 0.339 e. The number of Topliss-reactive ketones (excluding diaryl/α,β-unsaturated/α-hetero) is 1. The van der Waals surface area contributed by atoms with Crippen LogP contribution in [0.3, 0.4) is 0 Å². The monoisotopic (exact) mass is 484 g/mol. The summed E-state index contributed by atoms with van der Waals surface area (Å²) in [7, 11) is 1.33. The standard InChI is InChI=1S/C25H32N4O4S/c1-15(2)12-13-29-20(14-33-19-10-8-7-9-11-19)27-28-25(29)34-18(5)23(30)22-16(3)21(17(4)26-22)24(31)32-6/h7-11,15,18,26H,12-14H2,1-6H3. The van der Waals surface area contributed by atoms with E-state index in [0.29, 0.717) is 39.4 Å². The Balaban J connectivity index is 1.80. The van der Waals surface area contributed by atoms with Gasteiger partial charge in [0.1, 0.15) is 12.4 Å². The molecule has 0 spiro atoms. The van der Waals surface area contributed by atoms with Gasteiger partial charge in [0, 0.05) is 12.2 Å². The Morgan fingerprint density at radius 3 is 2.47 bits per heavy atom. The largest absolute Gasteiger partial charge is 0.486 e. The second kappa shape index (κ2) is 11.4. The van der Waals surface area contributed by atoms with E-state index >= 15 is 0 Å². The molecular weight excluding hydrogens is 452 g/mol. The van der Waals surface area contributed by atoms with Gasteiger partial charge >= 0.3 is 5.97 Å². The van der Waals surface area contributed by atoms with Crippen LogP contribution in [-0.2, 0) is 17.9 Å². The molecule has 2 heterocycles. The summed E-state index contributed by atoms with van der Waals surface area (Å²) in [5.41, 5.74) is 2.03. The third-order valence-corrected chi connectivity index (χ3v) is 6.64. The number of benzene rings is 1. The SMILES string of the molecule is COC(=O)c1c(C)[nH]c(C(=O)C(C)Sc2nnc(COc3ccccc3)n2CCC(C)C)c1C. The molecule has 0 aliphatic rings. The highest BCUT2D eigenvalue weighted by atomic mass is 32.2. The predicted molar refractivity (Wildman–Crippen MR) is 132 cm³/mol. The Labute approximate surface area is 204 Å². The van der Waals surface area contributed by atoms with Gasteiger partial charge in [-0.25, -0.2) is 4.79 Å². The zero-order valence-electron chi connectivity index (χ0n) is 20.5. The number of aryl methyl sites for hydroxylation is 1. The molecule has 2 aromatic heterocycles. The second-order valence-electron chi connectivity index (χ2n) is 8.58. The van der Waals surface area contributed by atoms with Crippen LogP contribution in [0.1, 0.15) is 65.1 Å². The van der Waals surface area contributed by atoms with E-state index in [1.54, 1.807) is 13.8 Å². The first-order valence-electron chi connectivity index (χ1n) is 11.3. The number of ketones is 1. The number of H-pyrrole nitrogens is 1. The quantitative estimate of drug-likeness (QED) is 0.232. The molecule has 0 aliphatic carbocycles. The van der Waals surface area contributed by atoms with Gasteiger partial charge in [0.2, 0.25) is 0 Å². The minimum absolute atomic E-state index is 0.110. The number of nitrogens with one attached hydrogen (secondary N) is 1. The number of aromatic amines is 1. The van der Waals surface area contributed by atoms with Gasteiger partial charge < -0.3 is 19.0 Å². The lowest BCUT2D eigenvalue weighted by Gasteiger charge is -2.14. The fourth-order valence-corrected chi connectivity index (χ4v) is 4.56. The zero-order chi connectivity index (χ0) is 24.8. The van der Waals surface area contributed by atoms with Gasteiger partial charge in [-0.15, -0.1) is 10.2 Å². The van der Waals surface area contributed by atoms with E-state index in [-0.39, 0.29) is 12.4 Å². The molecule has 3 aromatic rings. The van der Waals surface area contributed by atoms with Crippen molar-refractivity contribution in [2.24, 2.45) is 5.92 Å². The van der Waals surface area contributed by atoms with Crippen molar-refractivity contribution < 1.29 is 19.1 Å². The number of thioether (sulfide) groups is 1. The van der Waals surface area contributed by atoms with Crippen LogP contribution in [0.25, 0.3) is 0 Å². The third kappa shape index (κ3) is 5.88. The molecule has 1 N–H and O–H groups in total. The molecule has 1 unspecified atom stereocenters. The lowest BCUT2D eigenvalue weighted by Crippen LogP contribution is -2.17. The molecule has 0 fully saturated rings. The van der Waals surface area contributed by atoms with E-state index in [0.717, 1.165) is 18.7 Å². The van der Waals surface area contributed by atoms with Crippen molar-refractivity contribution in [3.63, 3.8) is 0 Å². The second-order valence-corrected chi connectivity index (χ2v) is 9.88. The number of aromatic nitrogens is 4. The van der Waals surface area contributed by atoms with Crippen LogP contribution in [0, 0.1) is 19.8 Å². The maximum atomic E-state index is 13.3. The number of esters is 1. The summed E-state index contributed by atoms with van der Waals surface area (Å²) in [6, 6.07) is 9.57. The summed E-state index contributed by atoms with van der Waals surface area (Å²) in [5.74, 6) is 1.41. The van der Waals surface area contributed by atoms with Crippen LogP contribution in [0.5, 0.6) is 5.75 Å². The van der Waals surface area contributed by atoms with Crippen LogP contribution in [-0.4, -0.2) is 43.9 Å². The molecule has 0 radical (unpaired) electrons. The molecule has 0 saturated carbocycles. The number of ether oxygens (including phenoxy) is 2. The Kier molecular flexibility index (Phi) is 8.55. The van der Waals surface area contributed by atoms with Gasteiger partial charge in [-0.2, -0.15) is 0 Å². The first-order chi connectivity index (χ1) is 16.2. The number of hydrogen-bond donors (Lipinski definition) is 1. The van der Waals surface area contributed by atoms with Crippen LogP contribution in [0.15, 0.2) is 35.5 Å². The van der Waals surface area contributed by atoms with Gasteiger partial charge in [0.05, 0.1) is 23.6 Å². The van der Waals surface area contributed by atoms with Gasteiger partial charge in [-0.1, -0.05) is 43.8 Å². The highest BCUT2D eigenvalue weighted by Crippen LogP contribution is 2.28. The molecule has 0 amide bonds. The average molecular weight is 485 g/mol. The molecule has 34 heavy (non-hydrogen) atoms. The van der Waals surface area contributed by atoms with Crippen LogP contribution >= 0.6 is 11.8 Å². The lowest BCUT2D eigenvalue weighted by atomic mass is 10.1. The number of nitrogens with zero attached hydrogens (tertiary/aromatic N) is 3. The van der Waals surface area contributed by atoms with Crippen LogP contribution in [0.2, 0.25) is 0 Å². The van der Waals surface area contributed by atoms with Gasteiger partial charge in [-0.05, 0) is 50.8 Å². The van der Waals surface area contributed by atoms with Gasteiger partial charge in [0.25, 0.3) is 0 Å². The number of hydrogen-bond acceptors (Lipinski definition) is 7.